The van der Waals surface area contributed by atoms with Gasteiger partial charge in [0.2, 0.25) is 0 Å². The van der Waals surface area contributed by atoms with Gasteiger partial charge in [-0.05, 0) is 42.9 Å². The van der Waals surface area contributed by atoms with Crippen molar-refractivity contribution >= 4 is 0 Å². The summed E-state index contributed by atoms with van der Waals surface area (Å²) in [6.45, 7) is 8.10. The zero-order chi connectivity index (χ0) is 11.4. The predicted molar refractivity (Wildman–Crippen MR) is 66.7 cm³/mol. The molecule has 2 fully saturated rings. The summed E-state index contributed by atoms with van der Waals surface area (Å²) in [5.41, 5.74) is 6.15. The van der Waals surface area contributed by atoms with Crippen molar-refractivity contribution in [1.29, 1.82) is 0 Å². The van der Waals surface area contributed by atoms with Crippen LogP contribution in [0.3, 0.4) is 0 Å². The van der Waals surface area contributed by atoms with Crippen molar-refractivity contribution in [1.82, 2.24) is 4.90 Å². The second-order valence-corrected chi connectivity index (χ2v) is 6.36. The summed E-state index contributed by atoms with van der Waals surface area (Å²) in [5.74, 6) is 4.23. The van der Waals surface area contributed by atoms with Crippen molar-refractivity contribution in [3.8, 4) is 0 Å². The molecule has 2 aliphatic carbocycles. The number of allylic oxidation sites excluding steroid dienone is 2. The van der Waals surface area contributed by atoms with E-state index < -0.39 is 0 Å². The maximum Gasteiger partial charge on any atom is 0.0545 e. The van der Waals surface area contributed by atoms with Crippen LogP contribution in [0.2, 0.25) is 0 Å². The molecule has 1 heterocycles. The fraction of sp³-hybridized carbons (Fsp3) is 0.857. The Hall–Kier alpha value is -0.340. The maximum atomic E-state index is 6.15. The molecule has 6 unspecified atom stereocenters. The fourth-order valence-corrected chi connectivity index (χ4v) is 4.58. The van der Waals surface area contributed by atoms with Crippen molar-refractivity contribution in [3.05, 3.63) is 12.2 Å². The van der Waals surface area contributed by atoms with Gasteiger partial charge in [-0.25, -0.2) is 0 Å². The number of hydrogen-bond donors (Lipinski definition) is 1. The van der Waals surface area contributed by atoms with E-state index in [1.807, 2.05) is 0 Å². The van der Waals surface area contributed by atoms with Crippen molar-refractivity contribution in [2.24, 2.45) is 35.3 Å². The average molecular weight is 220 g/mol. The molecular formula is C14H24N2. The highest BCUT2D eigenvalue weighted by atomic mass is 15.3. The van der Waals surface area contributed by atoms with E-state index in [2.05, 4.69) is 37.8 Å². The summed E-state index contributed by atoms with van der Waals surface area (Å²) in [7, 11) is 0. The summed E-state index contributed by atoms with van der Waals surface area (Å²) >= 11 is 0. The van der Waals surface area contributed by atoms with Crippen LogP contribution < -0.4 is 5.73 Å². The Labute approximate surface area is 98.9 Å². The highest BCUT2D eigenvalue weighted by Crippen LogP contribution is 2.55. The molecule has 2 nitrogen and oxygen atoms in total. The van der Waals surface area contributed by atoms with Gasteiger partial charge in [-0.3, -0.25) is 4.90 Å². The topological polar surface area (TPSA) is 29.3 Å². The van der Waals surface area contributed by atoms with Crippen LogP contribution in [0.5, 0.6) is 0 Å². The second-order valence-electron chi connectivity index (χ2n) is 6.36. The van der Waals surface area contributed by atoms with Crippen molar-refractivity contribution in [3.63, 3.8) is 0 Å². The average Bonchev–Trinajstić information content (AvgIpc) is 2.87. The minimum Gasteiger partial charge on any atom is -0.316 e. The summed E-state index contributed by atoms with van der Waals surface area (Å²) < 4.78 is 0. The van der Waals surface area contributed by atoms with Gasteiger partial charge >= 0.3 is 0 Å². The molecule has 3 aliphatic rings. The monoisotopic (exact) mass is 220 g/mol. The molecule has 2 bridgehead atoms. The van der Waals surface area contributed by atoms with Crippen molar-refractivity contribution in [2.75, 3.05) is 6.54 Å². The van der Waals surface area contributed by atoms with E-state index in [4.69, 9.17) is 5.73 Å². The Bertz CT molecular complexity index is 308. The largest absolute Gasteiger partial charge is 0.316 e. The van der Waals surface area contributed by atoms with E-state index in [-0.39, 0.29) is 6.17 Å². The molecule has 0 spiro atoms. The van der Waals surface area contributed by atoms with Crippen LogP contribution in [-0.2, 0) is 0 Å². The maximum absolute atomic E-state index is 6.15. The van der Waals surface area contributed by atoms with Gasteiger partial charge in [-0.2, -0.15) is 0 Å². The Morgan fingerprint density at radius 1 is 1.19 bits per heavy atom. The molecule has 0 amide bonds. The van der Waals surface area contributed by atoms with Crippen molar-refractivity contribution < 1.29 is 0 Å². The van der Waals surface area contributed by atoms with Crippen LogP contribution in [0.1, 0.15) is 27.2 Å². The molecule has 3 rings (SSSR count). The molecule has 1 saturated heterocycles. The Morgan fingerprint density at radius 2 is 1.88 bits per heavy atom. The first-order valence-electron chi connectivity index (χ1n) is 6.79. The van der Waals surface area contributed by atoms with E-state index in [0.29, 0.717) is 6.04 Å². The van der Waals surface area contributed by atoms with Gasteiger partial charge in [0.05, 0.1) is 6.17 Å². The smallest absolute Gasteiger partial charge is 0.0545 e. The van der Waals surface area contributed by atoms with E-state index in [0.717, 1.165) is 29.6 Å². The predicted octanol–water partition coefficient (Wildman–Crippen LogP) is 2.07. The van der Waals surface area contributed by atoms with Crippen LogP contribution >= 0.6 is 0 Å². The third-order valence-electron chi connectivity index (χ3n) is 5.09. The van der Waals surface area contributed by atoms with Gasteiger partial charge in [0.15, 0.2) is 0 Å². The van der Waals surface area contributed by atoms with Gasteiger partial charge in [0.25, 0.3) is 0 Å². The summed E-state index contributed by atoms with van der Waals surface area (Å²) in [4.78, 5) is 2.56. The molecule has 0 radical (unpaired) electrons. The first kappa shape index (κ1) is 10.8. The third kappa shape index (κ3) is 1.32. The Kier molecular flexibility index (Phi) is 2.41. The zero-order valence-corrected chi connectivity index (χ0v) is 10.6. The molecule has 2 N–H and O–H groups in total. The Balaban J connectivity index is 1.89. The summed E-state index contributed by atoms with van der Waals surface area (Å²) in [6, 6.07) is 0.713. The standard InChI is InChI=1S/C14H24N2/c1-8(2)14-13-11-5-4-10(6-11)12(13)7-16(14)9(3)15/h4-5,8-14H,6-7,15H2,1-3H3. The molecular weight excluding hydrogens is 196 g/mol. The molecule has 2 heteroatoms. The van der Waals surface area contributed by atoms with Gasteiger partial charge in [0.1, 0.15) is 0 Å². The molecule has 0 aromatic rings. The number of fused-ring (bicyclic) bond motifs is 5. The number of nitrogens with two attached hydrogens (primary N) is 1. The molecule has 1 saturated carbocycles. The van der Waals surface area contributed by atoms with E-state index in [9.17, 15) is 0 Å². The number of likely N-dealkylation sites (tertiary alicyclic amines) is 1. The first-order valence-corrected chi connectivity index (χ1v) is 6.79. The van der Waals surface area contributed by atoms with Gasteiger partial charge in [-0.15, -0.1) is 0 Å². The van der Waals surface area contributed by atoms with Crippen LogP contribution in [0, 0.1) is 29.6 Å². The molecule has 0 aromatic heterocycles. The fourth-order valence-electron chi connectivity index (χ4n) is 4.58. The zero-order valence-electron chi connectivity index (χ0n) is 10.6. The quantitative estimate of drug-likeness (QED) is 0.722. The molecule has 90 valence electrons. The van der Waals surface area contributed by atoms with Gasteiger partial charge in [-0.1, -0.05) is 26.0 Å². The minimum atomic E-state index is 0.220. The first-order chi connectivity index (χ1) is 7.59. The van der Waals surface area contributed by atoms with E-state index in [1.165, 1.54) is 13.0 Å². The lowest BCUT2D eigenvalue weighted by molar-refractivity contribution is 0.123. The third-order valence-corrected chi connectivity index (χ3v) is 5.09. The molecule has 16 heavy (non-hydrogen) atoms. The lowest BCUT2D eigenvalue weighted by atomic mass is 9.78. The summed E-state index contributed by atoms with van der Waals surface area (Å²) in [5, 5.41) is 0. The number of rotatable bonds is 2. The highest BCUT2D eigenvalue weighted by molar-refractivity contribution is 5.19. The van der Waals surface area contributed by atoms with E-state index in [1.54, 1.807) is 0 Å². The van der Waals surface area contributed by atoms with Crippen LogP contribution in [0.25, 0.3) is 0 Å². The minimum absolute atomic E-state index is 0.220. The van der Waals surface area contributed by atoms with Crippen LogP contribution in [0.4, 0.5) is 0 Å². The lowest BCUT2D eigenvalue weighted by Gasteiger charge is -2.35. The molecule has 0 aromatic carbocycles. The van der Waals surface area contributed by atoms with E-state index >= 15 is 0 Å². The second kappa shape index (κ2) is 3.58. The van der Waals surface area contributed by atoms with Gasteiger partial charge < -0.3 is 5.73 Å². The van der Waals surface area contributed by atoms with Crippen LogP contribution in [0.15, 0.2) is 12.2 Å². The normalized spacial score (nSPS) is 47.9. The summed E-state index contributed by atoms with van der Waals surface area (Å²) in [6.07, 6.45) is 6.59. The lowest BCUT2D eigenvalue weighted by Crippen LogP contribution is -2.47. The number of nitrogens with zero attached hydrogens (tertiary/aromatic N) is 1. The van der Waals surface area contributed by atoms with Gasteiger partial charge in [0, 0.05) is 12.6 Å². The SMILES string of the molecule is CC(C)C1C2C3C=CC(C3)C2CN1C(C)N. The highest BCUT2D eigenvalue weighted by Gasteiger charge is 2.55. The Morgan fingerprint density at radius 3 is 2.50 bits per heavy atom. The molecule has 6 atom stereocenters. The number of hydrogen-bond acceptors (Lipinski definition) is 2. The molecule has 1 aliphatic heterocycles. The van der Waals surface area contributed by atoms with Crippen LogP contribution in [-0.4, -0.2) is 23.7 Å². The van der Waals surface area contributed by atoms with Crippen molar-refractivity contribution in [2.45, 2.75) is 39.4 Å².